The third kappa shape index (κ3) is 4.29. The number of sulfonamides is 1. The molecule has 0 amide bonds. The van der Waals surface area contributed by atoms with E-state index in [0.29, 0.717) is 5.56 Å². The lowest BCUT2D eigenvalue weighted by Gasteiger charge is -2.29. The van der Waals surface area contributed by atoms with E-state index in [1.165, 1.54) is 12.1 Å². The molecule has 0 saturated heterocycles. The molecule has 0 spiro atoms. The molecule has 0 bridgehead atoms. The van der Waals surface area contributed by atoms with Crippen LogP contribution in [0.3, 0.4) is 0 Å². The molecule has 7 heteroatoms. The maximum Gasteiger partial charge on any atom is 0.327 e. The lowest BCUT2D eigenvalue weighted by Crippen LogP contribution is -2.46. The van der Waals surface area contributed by atoms with Crippen LogP contribution in [-0.2, 0) is 21.2 Å². The molecule has 0 saturated carbocycles. The molecule has 0 aliphatic carbocycles. The Labute approximate surface area is 134 Å². The van der Waals surface area contributed by atoms with Crippen LogP contribution in [-0.4, -0.2) is 31.8 Å². The van der Waals surface area contributed by atoms with Gasteiger partial charge in [-0.05, 0) is 29.8 Å². The van der Waals surface area contributed by atoms with E-state index < -0.39 is 27.9 Å². The zero-order valence-electron chi connectivity index (χ0n) is 12.4. The maximum atomic E-state index is 13.1. The second kappa shape index (κ2) is 6.78. The summed E-state index contributed by atoms with van der Waals surface area (Å²) in [5.74, 6) is -1.80. The molecule has 2 aromatic rings. The molecule has 0 heterocycles. The van der Waals surface area contributed by atoms with Crippen molar-refractivity contribution in [1.82, 2.24) is 0 Å². The third-order valence-corrected chi connectivity index (χ3v) is 4.46. The first kappa shape index (κ1) is 17.0. The standard InChI is InChI=1S/C16H16FNO4S/c1-23(21,22)18(14-9-7-13(17)8-10-14)15(16(19)20)11-12-5-3-2-4-6-12/h2-10,15H,11H2,1H3,(H,19,20). The molecular formula is C16H16FNO4S. The van der Waals surface area contributed by atoms with Gasteiger partial charge in [-0.1, -0.05) is 30.3 Å². The summed E-state index contributed by atoms with van der Waals surface area (Å²) in [5.41, 5.74) is 0.799. The number of rotatable bonds is 6. The Morgan fingerprint density at radius 1 is 1.13 bits per heavy atom. The van der Waals surface area contributed by atoms with Crippen molar-refractivity contribution in [2.75, 3.05) is 10.6 Å². The number of carboxylic acids is 1. The van der Waals surface area contributed by atoms with E-state index in [0.717, 1.165) is 22.7 Å². The number of carbonyl (C=O) groups is 1. The molecule has 0 aliphatic heterocycles. The van der Waals surface area contributed by atoms with E-state index in [1.807, 2.05) is 0 Å². The Balaban J connectivity index is 2.46. The van der Waals surface area contributed by atoms with Crippen LogP contribution < -0.4 is 4.31 Å². The van der Waals surface area contributed by atoms with Crippen LogP contribution in [0.15, 0.2) is 54.6 Å². The molecule has 0 fully saturated rings. The van der Waals surface area contributed by atoms with Crippen molar-refractivity contribution in [3.8, 4) is 0 Å². The second-order valence-corrected chi connectivity index (χ2v) is 6.94. The van der Waals surface area contributed by atoms with Gasteiger partial charge >= 0.3 is 5.97 Å². The highest BCUT2D eigenvalue weighted by Crippen LogP contribution is 2.23. The summed E-state index contributed by atoms with van der Waals surface area (Å²) in [6, 6.07) is 12.1. The number of hydrogen-bond donors (Lipinski definition) is 1. The van der Waals surface area contributed by atoms with E-state index >= 15 is 0 Å². The van der Waals surface area contributed by atoms with Crippen LogP contribution in [0.25, 0.3) is 0 Å². The zero-order chi connectivity index (χ0) is 17.0. The second-order valence-electron chi connectivity index (χ2n) is 5.08. The number of halogens is 1. The summed E-state index contributed by atoms with van der Waals surface area (Å²) in [6.07, 6.45) is 0.928. The van der Waals surface area contributed by atoms with Crippen LogP contribution in [0.1, 0.15) is 5.56 Å². The summed E-state index contributed by atoms with van der Waals surface area (Å²) in [4.78, 5) is 11.7. The summed E-state index contributed by atoms with van der Waals surface area (Å²) in [5, 5.41) is 9.50. The number of aliphatic carboxylic acids is 1. The maximum absolute atomic E-state index is 13.1. The summed E-state index contributed by atoms with van der Waals surface area (Å²) >= 11 is 0. The number of nitrogens with zero attached hydrogens (tertiary/aromatic N) is 1. The zero-order valence-corrected chi connectivity index (χ0v) is 13.2. The minimum absolute atomic E-state index is 0.000615. The first-order valence-corrected chi connectivity index (χ1v) is 8.65. The van der Waals surface area contributed by atoms with Crippen molar-refractivity contribution < 1.29 is 22.7 Å². The quantitative estimate of drug-likeness (QED) is 0.877. The topological polar surface area (TPSA) is 74.7 Å². The molecule has 5 nitrogen and oxygen atoms in total. The largest absolute Gasteiger partial charge is 0.480 e. The highest BCUT2D eigenvalue weighted by molar-refractivity contribution is 7.92. The predicted octanol–water partition coefficient (Wildman–Crippen LogP) is 2.29. The summed E-state index contributed by atoms with van der Waals surface area (Å²) in [6.45, 7) is 0. The van der Waals surface area contributed by atoms with Gasteiger partial charge in [0, 0.05) is 6.42 Å². The van der Waals surface area contributed by atoms with Crippen LogP contribution in [0, 0.1) is 5.82 Å². The van der Waals surface area contributed by atoms with Crippen molar-refractivity contribution in [3.63, 3.8) is 0 Å². The Kier molecular flexibility index (Phi) is 5.00. The molecule has 1 atom stereocenters. The molecule has 1 N–H and O–H groups in total. The van der Waals surface area contributed by atoms with Gasteiger partial charge in [-0.2, -0.15) is 0 Å². The van der Waals surface area contributed by atoms with Crippen LogP contribution in [0.5, 0.6) is 0 Å². The van der Waals surface area contributed by atoms with Gasteiger partial charge in [0.25, 0.3) is 0 Å². The SMILES string of the molecule is CS(=O)(=O)N(c1ccc(F)cc1)C(Cc1ccccc1)C(=O)O. The first-order chi connectivity index (χ1) is 10.8. The van der Waals surface area contributed by atoms with E-state index in [-0.39, 0.29) is 12.1 Å². The molecular weight excluding hydrogens is 321 g/mol. The van der Waals surface area contributed by atoms with Crippen molar-refractivity contribution in [1.29, 1.82) is 0 Å². The average Bonchev–Trinajstić information content (AvgIpc) is 2.48. The Morgan fingerprint density at radius 2 is 1.70 bits per heavy atom. The normalized spacial score (nSPS) is 12.6. The highest BCUT2D eigenvalue weighted by atomic mass is 32.2. The average molecular weight is 337 g/mol. The molecule has 0 aliphatic rings. The number of anilines is 1. The van der Waals surface area contributed by atoms with Gasteiger partial charge in [-0.25, -0.2) is 17.6 Å². The van der Waals surface area contributed by atoms with Crippen LogP contribution >= 0.6 is 0 Å². The first-order valence-electron chi connectivity index (χ1n) is 6.81. The molecule has 2 rings (SSSR count). The van der Waals surface area contributed by atoms with Gasteiger partial charge in [0.2, 0.25) is 10.0 Å². The minimum Gasteiger partial charge on any atom is -0.480 e. The van der Waals surface area contributed by atoms with Gasteiger partial charge in [-0.15, -0.1) is 0 Å². The van der Waals surface area contributed by atoms with E-state index in [4.69, 9.17) is 0 Å². The monoisotopic (exact) mass is 337 g/mol. The third-order valence-electron chi connectivity index (χ3n) is 3.28. The van der Waals surface area contributed by atoms with Gasteiger partial charge in [0.15, 0.2) is 0 Å². The Bertz CT molecular complexity index is 775. The van der Waals surface area contributed by atoms with Crippen molar-refractivity contribution >= 4 is 21.7 Å². The fraction of sp³-hybridized carbons (Fsp3) is 0.188. The van der Waals surface area contributed by atoms with E-state index in [2.05, 4.69) is 0 Å². The van der Waals surface area contributed by atoms with Crippen molar-refractivity contribution in [2.24, 2.45) is 0 Å². The predicted molar refractivity (Wildman–Crippen MR) is 85.3 cm³/mol. The van der Waals surface area contributed by atoms with Crippen molar-refractivity contribution in [2.45, 2.75) is 12.5 Å². The number of hydrogen-bond acceptors (Lipinski definition) is 3. The molecule has 1 unspecified atom stereocenters. The smallest absolute Gasteiger partial charge is 0.327 e. The molecule has 23 heavy (non-hydrogen) atoms. The van der Waals surface area contributed by atoms with Crippen molar-refractivity contribution in [3.05, 3.63) is 66.0 Å². The Hall–Kier alpha value is -2.41. The number of benzene rings is 2. The fourth-order valence-corrected chi connectivity index (χ4v) is 3.43. The van der Waals surface area contributed by atoms with Gasteiger partial charge in [0.1, 0.15) is 11.9 Å². The molecule has 122 valence electrons. The summed E-state index contributed by atoms with van der Waals surface area (Å²) < 4.78 is 38.1. The molecule has 0 aromatic heterocycles. The van der Waals surface area contributed by atoms with Crippen LogP contribution in [0.4, 0.5) is 10.1 Å². The highest BCUT2D eigenvalue weighted by Gasteiger charge is 2.32. The fourth-order valence-electron chi connectivity index (χ4n) is 2.30. The minimum atomic E-state index is -3.87. The Morgan fingerprint density at radius 3 is 2.17 bits per heavy atom. The van der Waals surface area contributed by atoms with E-state index in [1.54, 1.807) is 30.3 Å². The van der Waals surface area contributed by atoms with E-state index in [9.17, 15) is 22.7 Å². The van der Waals surface area contributed by atoms with Gasteiger partial charge < -0.3 is 5.11 Å². The lowest BCUT2D eigenvalue weighted by atomic mass is 10.1. The number of carboxylic acid groups (broad SMARTS) is 1. The summed E-state index contributed by atoms with van der Waals surface area (Å²) in [7, 11) is -3.87. The lowest BCUT2D eigenvalue weighted by molar-refractivity contribution is -0.138. The van der Waals surface area contributed by atoms with Gasteiger partial charge in [-0.3, -0.25) is 4.31 Å². The molecule has 0 radical (unpaired) electrons. The molecule has 2 aromatic carbocycles. The van der Waals surface area contributed by atoms with Crippen LogP contribution in [0.2, 0.25) is 0 Å². The van der Waals surface area contributed by atoms with Gasteiger partial charge in [0.05, 0.1) is 11.9 Å².